The molecule has 0 saturated heterocycles. The maximum Gasteiger partial charge on any atom is 0.220 e. The van der Waals surface area contributed by atoms with Crippen molar-refractivity contribution in [3.8, 4) is 5.88 Å². The van der Waals surface area contributed by atoms with E-state index in [1.54, 1.807) is 0 Å². The van der Waals surface area contributed by atoms with Gasteiger partial charge in [-0.3, -0.25) is 0 Å². The fourth-order valence-electron chi connectivity index (χ4n) is 3.13. The van der Waals surface area contributed by atoms with Crippen LogP contribution in [0, 0.1) is 0 Å². The van der Waals surface area contributed by atoms with Crippen LogP contribution in [0.25, 0.3) is 0 Å². The summed E-state index contributed by atoms with van der Waals surface area (Å²) in [5, 5.41) is 4.20. The molecule has 1 N–H and O–H groups in total. The SMILES string of the molecule is Clc1cccc(CCOc2nc(C3CC3)nc3c2CCNCC3)c1. The van der Waals surface area contributed by atoms with E-state index in [1.807, 2.05) is 18.2 Å². The molecule has 4 rings (SSSR count). The number of fused-ring (bicyclic) bond motifs is 1. The monoisotopic (exact) mass is 343 g/mol. The molecule has 1 aromatic heterocycles. The summed E-state index contributed by atoms with van der Waals surface area (Å²) >= 11 is 6.05. The minimum atomic E-state index is 0.543. The van der Waals surface area contributed by atoms with Crippen molar-refractivity contribution in [3.63, 3.8) is 0 Å². The second-order valence-corrected chi connectivity index (χ2v) is 7.00. The summed E-state index contributed by atoms with van der Waals surface area (Å²) in [6.45, 7) is 2.56. The number of nitrogens with zero attached hydrogens (tertiary/aromatic N) is 2. The first-order valence-corrected chi connectivity index (χ1v) is 9.15. The smallest absolute Gasteiger partial charge is 0.220 e. The minimum absolute atomic E-state index is 0.543. The van der Waals surface area contributed by atoms with Crippen molar-refractivity contribution in [2.24, 2.45) is 0 Å². The first-order valence-electron chi connectivity index (χ1n) is 8.77. The van der Waals surface area contributed by atoms with E-state index in [0.29, 0.717) is 12.5 Å². The summed E-state index contributed by atoms with van der Waals surface area (Å²) in [5.74, 6) is 2.32. The first kappa shape index (κ1) is 15.9. The van der Waals surface area contributed by atoms with Gasteiger partial charge in [0.1, 0.15) is 5.82 Å². The second-order valence-electron chi connectivity index (χ2n) is 6.56. The van der Waals surface area contributed by atoms with E-state index in [2.05, 4.69) is 11.4 Å². The van der Waals surface area contributed by atoms with Crippen molar-refractivity contribution in [3.05, 3.63) is 51.9 Å². The van der Waals surface area contributed by atoms with Gasteiger partial charge in [0, 0.05) is 35.9 Å². The molecule has 1 aliphatic heterocycles. The number of hydrogen-bond donors (Lipinski definition) is 1. The highest BCUT2D eigenvalue weighted by Crippen LogP contribution is 2.39. The van der Waals surface area contributed by atoms with E-state index < -0.39 is 0 Å². The Kier molecular flexibility index (Phi) is 4.67. The van der Waals surface area contributed by atoms with Crippen LogP contribution in [0.1, 0.15) is 41.4 Å². The number of aromatic nitrogens is 2. The van der Waals surface area contributed by atoms with Gasteiger partial charge in [0.2, 0.25) is 5.88 Å². The van der Waals surface area contributed by atoms with Crippen LogP contribution in [0.5, 0.6) is 5.88 Å². The minimum Gasteiger partial charge on any atom is -0.477 e. The average molecular weight is 344 g/mol. The van der Waals surface area contributed by atoms with Crippen molar-refractivity contribution in [1.29, 1.82) is 0 Å². The maximum absolute atomic E-state index is 6.10. The molecular weight excluding hydrogens is 322 g/mol. The quantitative estimate of drug-likeness (QED) is 0.904. The molecule has 1 aromatic carbocycles. The molecule has 0 radical (unpaired) electrons. The zero-order valence-electron chi connectivity index (χ0n) is 13.7. The Morgan fingerprint density at radius 1 is 1.17 bits per heavy atom. The number of ether oxygens (including phenoxy) is 1. The van der Waals surface area contributed by atoms with Gasteiger partial charge in [0.25, 0.3) is 0 Å². The fraction of sp³-hybridized carbons (Fsp3) is 0.474. The molecule has 0 unspecified atom stereocenters. The van der Waals surface area contributed by atoms with E-state index in [-0.39, 0.29) is 0 Å². The van der Waals surface area contributed by atoms with Crippen molar-refractivity contribution < 1.29 is 4.74 Å². The van der Waals surface area contributed by atoms with E-state index >= 15 is 0 Å². The summed E-state index contributed by atoms with van der Waals surface area (Å²) in [7, 11) is 0. The van der Waals surface area contributed by atoms with Crippen molar-refractivity contribution in [2.45, 2.75) is 38.0 Å². The number of benzene rings is 1. The summed E-state index contributed by atoms with van der Waals surface area (Å²) in [5.41, 5.74) is 3.55. The Morgan fingerprint density at radius 2 is 2.04 bits per heavy atom. The van der Waals surface area contributed by atoms with E-state index in [4.69, 9.17) is 26.3 Å². The van der Waals surface area contributed by atoms with Crippen molar-refractivity contribution in [2.75, 3.05) is 19.7 Å². The van der Waals surface area contributed by atoms with E-state index in [0.717, 1.165) is 49.1 Å². The molecule has 0 spiro atoms. The molecule has 2 aliphatic rings. The molecule has 126 valence electrons. The predicted octanol–water partition coefficient (Wildman–Crippen LogP) is 3.32. The fourth-order valence-corrected chi connectivity index (χ4v) is 3.34. The lowest BCUT2D eigenvalue weighted by Crippen LogP contribution is -2.16. The van der Waals surface area contributed by atoms with Crippen molar-refractivity contribution >= 4 is 11.6 Å². The number of nitrogens with one attached hydrogen (secondary N) is 1. The van der Waals surface area contributed by atoms with Gasteiger partial charge in [-0.1, -0.05) is 23.7 Å². The number of hydrogen-bond acceptors (Lipinski definition) is 4. The average Bonchev–Trinajstić information content (AvgIpc) is 3.41. The molecule has 1 saturated carbocycles. The standard InChI is InChI=1S/C19H22ClN3O/c20-15-3-1-2-13(12-15)8-11-24-19-16-6-9-21-10-7-17(16)22-18(23-19)14-4-5-14/h1-3,12,14,21H,4-11H2. The van der Waals surface area contributed by atoms with Crippen LogP contribution in [0.2, 0.25) is 5.02 Å². The van der Waals surface area contributed by atoms with Crippen LogP contribution in [0.15, 0.2) is 24.3 Å². The highest BCUT2D eigenvalue weighted by molar-refractivity contribution is 6.30. The van der Waals surface area contributed by atoms with Crippen LogP contribution < -0.4 is 10.1 Å². The summed E-state index contributed by atoms with van der Waals surface area (Å²) < 4.78 is 6.10. The molecule has 2 aromatic rings. The van der Waals surface area contributed by atoms with Crippen LogP contribution in [-0.2, 0) is 19.3 Å². The van der Waals surface area contributed by atoms with Crippen LogP contribution in [-0.4, -0.2) is 29.7 Å². The lowest BCUT2D eigenvalue weighted by molar-refractivity contribution is 0.303. The van der Waals surface area contributed by atoms with Gasteiger partial charge in [-0.05, 0) is 43.5 Å². The largest absolute Gasteiger partial charge is 0.477 e. The third kappa shape index (κ3) is 3.70. The molecule has 4 nitrogen and oxygen atoms in total. The van der Waals surface area contributed by atoms with Crippen LogP contribution >= 0.6 is 11.6 Å². The lowest BCUT2D eigenvalue weighted by atomic mass is 10.1. The molecule has 5 heteroatoms. The molecule has 1 aliphatic carbocycles. The molecule has 0 amide bonds. The lowest BCUT2D eigenvalue weighted by Gasteiger charge is -2.14. The van der Waals surface area contributed by atoms with E-state index in [1.165, 1.54) is 29.7 Å². The molecule has 0 bridgehead atoms. The Morgan fingerprint density at radius 3 is 2.88 bits per heavy atom. The van der Waals surface area contributed by atoms with Crippen LogP contribution in [0.3, 0.4) is 0 Å². The zero-order chi connectivity index (χ0) is 16.4. The molecule has 1 fully saturated rings. The summed E-state index contributed by atoms with van der Waals surface area (Å²) in [6.07, 6.45) is 5.14. The third-order valence-corrected chi connectivity index (χ3v) is 4.86. The van der Waals surface area contributed by atoms with Gasteiger partial charge < -0.3 is 10.1 Å². The highest BCUT2D eigenvalue weighted by Gasteiger charge is 2.29. The normalized spacial score (nSPS) is 17.2. The molecule has 0 atom stereocenters. The highest BCUT2D eigenvalue weighted by atomic mass is 35.5. The van der Waals surface area contributed by atoms with Crippen LogP contribution in [0.4, 0.5) is 0 Å². The van der Waals surface area contributed by atoms with Gasteiger partial charge >= 0.3 is 0 Å². The molecule has 24 heavy (non-hydrogen) atoms. The van der Waals surface area contributed by atoms with Gasteiger partial charge in [0.05, 0.1) is 12.3 Å². The summed E-state index contributed by atoms with van der Waals surface area (Å²) in [6, 6.07) is 7.94. The Hall–Kier alpha value is -1.65. The number of rotatable bonds is 5. The van der Waals surface area contributed by atoms with Crippen molar-refractivity contribution in [1.82, 2.24) is 15.3 Å². The van der Waals surface area contributed by atoms with Gasteiger partial charge in [-0.25, -0.2) is 4.98 Å². The van der Waals surface area contributed by atoms with E-state index in [9.17, 15) is 0 Å². The Bertz CT molecular complexity index is 731. The van der Waals surface area contributed by atoms with Gasteiger partial charge in [0.15, 0.2) is 0 Å². The molecule has 2 heterocycles. The summed E-state index contributed by atoms with van der Waals surface area (Å²) in [4.78, 5) is 9.58. The Balaban J connectivity index is 1.51. The predicted molar refractivity (Wildman–Crippen MR) is 94.9 cm³/mol. The van der Waals surface area contributed by atoms with Gasteiger partial charge in [-0.2, -0.15) is 4.98 Å². The first-order chi connectivity index (χ1) is 11.8. The molecular formula is C19H22ClN3O. The number of halogens is 1. The second kappa shape index (κ2) is 7.08. The Labute approximate surface area is 147 Å². The third-order valence-electron chi connectivity index (χ3n) is 4.62. The zero-order valence-corrected chi connectivity index (χ0v) is 14.5. The maximum atomic E-state index is 6.10. The topological polar surface area (TPSA) is 47.0 Å². The van der Waals surface area contributed by atoms with Gasteiger partial charge in [-0.15, -0.1) is 0 Å².